The second kappa shape index (κ2) is 10.2. The van der Waals surface area contributed by atoms with E-state index in [1.807, 2.05) is 0 Å². The van der Waals surface area contributed by atoms with E-state index in [9.17, 15) is 27.0 Å². The van der Waals surface area contributed by atoms with Crippen molar-refractivity contribution in [2.24, 2.45) is 0 Å². The highest BCUT2D eigenvalue weighted by Crippen LogP contribution is 2.31. The van der Waals surface area contributed by atoms with E-state index in [0.29, 0.717) is 0 Å². The van der Waals surface area contributed by atoms with Crippen molar-refractivity contribution in [1.29, 1.82) is 0 Å². The van der Waals surface area contributed by atoms with Crippen molar-refractivity contribution in [3.63, 3.8) is 0 Å². The van der Waals surface area contributed by atoms with Crippen LogP contribution in [0.25, 0.3) is 0 Å². The van der Waals surface area contributed by atoms with Crippen LogP contribution in [0, 0.1) is 13.8 Å². The molecule has 1 aliphatic rings. The molecule has 1 heterocycles. The molecule has 2 aromatic carbocycles. The normalized spacial score (nSPS) is 24.6. The zero-order valence-electron chi connectivity index (χ0n) is 18.2. The van der Waals surface area contributed by atoms with Gasteiger partial charge in [-0.2, -0.15) is 16.8 Å². The van der Waals surface area contributed by atoms with Crippen LogP contribution in [0.1, 0.15) is 11.1 Å². The van der Waals surface area contributed by atoms with Gasteiger partial charge in [-0.05, 0) is 38.1 Å². The molecule has 1 aliphatic heterocycles. The Balaban J connectivity index is 1.81. The zero-order valence-corrected chi connectivity index (χ0v) is 19.8. The first-order valence-corrected chi connectivity index (χ1v) is 12.8. The van der Waals surface area contributed by atoms with Crippen LogP contribution in [0.15, 0.2) is 58.3 Å². The molecule has 10 nitrogen and oxygen atoms in total. The van der Waals surface area contributed by atoms with Crippen molar-refractivity contribution in [2.45, 2.75) is 54.3 Å². The Hall–Kier alpha value is -1.90. The summed E-state index contributed by atoms with van der Waals surface area (Å²) in [5.74, 6) is 0. The van der Waals surface area contributed by atoms with E-state index in [1.54, 1.807) is 38.1 Å². The van der Waals surface area contributed by atoms with Crippen LogP contribution in [-0.2, 0) is 38.1 Å². The molecule has 0 unspecified atom stereocenters. The Labute approximate surface area is 192 Å². The fraction of sp³-hybridized carbons (Fsp3) is 0.429. The second-order valence-corrected chi connectivity index (χ2v) is 10.8. The molecule has 0 aliphatic carbocycles. The van der Waals surface area contributed by atoms with E-state index < -0.39 is 57.5 Å². The topological polar surface area (TPSA) is 146 Å². The van der Waals surface area contributed by atoms with Crippen molar-refractivity contribution in [2.75, 3.05) is 13.7 Å². The summed E-state index contributed by atoms with van der Waals surface area (Å²) in [6.45, 7) is 2.73. The number of aliphatic hydroxyl groups excluding tert-OH is 2. The summed E-state index contributed by atoms with van der Waals surface area (Å²) in [6.07, 6.45) is -7.62. The summed E-state index contributed by atoms with van der Waals surface area (Å²) >= 11 is 0. The van der Waals surface area contributed by atoms with E-state index in [-0.39, 0.29) is 9.79 Å². The van der Waals surface area contributed by atoms with Gasteiger partial charge in [-0.3, -0.25) is 8.37 Å². The van der Waals surface area contributed by atoms with Crippen LogP contribution < -0.4 is 0 Å². The average Bonchev–Trinajstić information content (AvgIpc) is 3.07. The SMILES string of the molecule is CO[C@H]1O[C@H]([C@@H](CO)OS(=O)(=O)c2ccc(C)cc2)[C@H](O)[C@H]1OS(=O)(=O)c1ccc(C)cc1. The number of hydrogen-bond acceptors (Lipinski definition) is 10. The molecule has 5 atom stereocenters. The lowest BCUT2D eigenvalue weighted by molar-refractivity contribution is -0.159. The van der Waals surface area contributed by atoms with Gasteiger partial charge >= 0.3 is 0 Å². The van der Waals surface area contributed by atoms with Crippen LogP contribution in [0.3, 0.4) is 0 Å². The van der Waals surface area contributed by atoms with Crippen molar-refractivity contribution < 1.29 is 44.9 Å². The molecule has 1 saturated heterocycles. The van der Waals surface area contributed by atoms with Gasteiger partial charge in [0.2, 0.25) is 0 Å². The van der Waals surface area contributed by atoms with Crippen molar-refractivity contribution in [1.82, 2.24) is 0 Å². The van der Waals surface area contributed by atoms with Gasteiger partial charge in [-0.1, -0.05) is 35.4 Å². The van der Waals surface area contributed by atoms with Crippen LogP contribution in [-0.4, -0.2) is 71.5 Å². The molecule has 2 N–H and O–H groups in total. The van der Waals surface area contributed by atoms with Gasteiger partial charge < -0.3 is 19.7 Å². The highest BCUT2D eigenvalue weighted by Gasteiger charge is 2.51. The third-order valence-corrected chi connectivity index (χ3v) is 7.79. The molecule has 0 spiro atoms. The van der Waals surface area contributed by atoms with Gasteiger partial charge in [0.15, 0.2) is 12.4 Å². The molecule has 0 radical (unpaired) electrons. The number of benzene rings is 2. The largest absolute Gasteiger partial charge is 0.394 e. The maximum Gasteiger partial charge on any atom is 0.297 e. The minimum absolute atomic E-state index is 0.143. The third kappa shape index (κ3) is 5.78. The lowest BCUT2D eigenvalue weighted by Gasteiger charge is -2.24. The quantitative estimate of drug-likeness (QED) is 0.474. The Morgan fingerprint density at radius 1 is 0.909 bits per heavy atom. The summed E-state index contributed by atoms with van der Waals surface area (Å²) in [6, 6.07) is 11.7. The molecule has 2 aromatic rings. The fourth-order valence-electron chi connectivity index (χ4n) is 3.28. The molecular formula is C21H26O10S2. The van der Waals surface area contributed by atoms with E-state index in [4.69, 9.17) is 17.8 Å². The first-order valence-electron chi connectivity index (χ1n) is 9.95. The highest BCUT2D eigenvalue weighted by molar-refractivity contribution is 7.87. The molecule has 1 fully saturated rings. The number of aryl methyl sites for hydroxylation is 2. The summed E-state index contributed by atoms with van der Waals surface area (Å²) in [4.78, 5) is -0.299. The van der Waals surface area contributed by atoms with Gasteiger partial charge in [-0.15, -0.1) is 0 Å². The third-order valence-electron chi connectivity index (χ3n) is 5.12. The van der Waals surface area contributed by atoms with Gasteiger partial charge in [0.05, 0.1) is 16.4 Å². The predicted molar refractivity (Wildman–Crippen MR) is 115 cm³/mol. The summed E-state index contributed by atoms with van der Waals surface area (Å²) in [5.41, 5.74) is 1.67. The number of ether oxygens (including phenoxy) is 2. The van der Waals surface area contributed by atoms with E-state index >= 15 is 0 Å². The Bertz CT molecular complexity index is 1140. The molecular weight excluding hydrogens is 476 g/mol. The minimum Gasteiger partial charge on any atom is -0.394 e. The smallest absolute Gasteiger partial charge is 0.297 e. The lowest BCUT2D eigenvalue weighted by atomic mass is 10.1. The summed E-state index contributed by atoms with van der Waals surface area (Å²) in [7, 11) is -7.44. The lowest BCUT2D eigenvalue weighted by Crippen LogP contribution is -2.44. The van der Waals surface area contributed by atoms with Crippen molar-refractivity contribution in [3.8, 4) is 0 Å². The van der Waals surface area contributed by atoms with E-state index in [0.717, 1.165) is 11.1 Å². The highest BCUT2D eigenvalue weighted by atomic mass is 32.2. The Kier molecular flexibility index (Phi) is 7.91. The van der Waals surface area contributed by atoms with Crippen LogP contribution in [0.4, 0.5) is 0 Å². The van der Waals surface area contributed by atoms with Gasteiger partial charge in [0.1, 0.15) is 18.3 Å². The average molecular weight is 503 g/mol. The molecule has 0 aromatic heterocycles. The maximum atomic E-state index is 12.7. The summed E-state index contributed by atoms with van der Waals surface area (Å²) in [5, 5.41) is 20.5. The van der Waals surface area contributed by atoms with Gasteiger partial charge in [0.25, 0.3) is 20.2 Å². The van der Waals surface area contributed by atoms with Crippen molar-refractivity contribution >= 4 is 20.2 Å². The van der Waals surface area contributed by atoms with Gasteiger partial charge in [-0.25, -0.2) is 0 Å². The number of rotatable bonds is 9. The molecule has 0 amide bonds. The maximum absolute atomic E-state index is 12.7. The number of aliphatic hydroxyl groups is 2. The van der Waals surface area contributed by atoms with Crippen molar-refractivity contribution in [3.05, 3.63) is 59.7 Å². The van der Waals surface area contributed by atoms with Crippen LogP contribution in [0.2, 0.25) is 0 Å². The van der Waals surface area contributed by atoms with Crippen LogP contribution in [0.5, 0.6) is 0 Å². The minimum atomic E-state index is -4.32. The Morgan fingerprint density at radius 3 is 1.85 bits per heavy atom. The summed E-state index contributed by atoms with van der Waals surface area (Å²) < 4.78 is 71.4. The standard InChI is InChI=1S/C21H26O10S2/c1-13-4-8-15(9-5-13)32(24,25)30-17(12-22)19-18(23)20(21(28-3)29-19)31-33(26,27)16-10-6-14(2)7-11-16/h4-11,17-23H,12H2,1-3H3/t17-,18+,19-,20-,21+/m1/s1. The number of hydrogen-bond donors (Lipinski definition) is 2. The molecule has 33 heavy (non-hydrogen) atoms. The molecule has 0 saturated carbocycles. The first-order chi connectivity index (χ1) is 15.5. The van der Waals surface area contributed by atoms with E-state index in [1.165, 1.54) is 31.4 Å². The monoisotopic (exact) mass is 502 g/mol. The molecule has 0 bridgehead atoms. The van der Waals surface area contributed by atoms with Gasteiger partial charge in [0, 0.05) is 7.11 Å². The second-order valence-electron chi connectivity index (χ2n) is 7.61. The first kappa shape index (κ1) is 25.7. The zero-order chi connectivity index (χ0) is 24.4. The predicted octanol–water partition coefficient (Wildman–Crippen LogP) is 0.876. The Morgan fingerprint density at radius 2 is 1.39 bits per heavy atom. The fourth-order valence-corrected chi connectivity index (χ4v) is 5.43. The number of methoxy groups -OCH3 is 1. The van der Waals surface area contributed by atoms with Crippen LogP contribution >= 0.6 is 0 Å². The van der Waals surface area contributed by atoms with E-state index in [2.05, 4.69) is 0 Å². The molecule has 12 heteroatoms. The molecule has 3 rings (SSSR count). The molecule has 182 valence electrons.